The summed E-state index contributed by atoms with van der Waals surface area (Å²) in [6.07, 6.45) is 6.73. The number of aromatic carboxylic acids is 1. The molecule has 3 N–H and O–H groups in total. The van der Waals surface area contributed by atoms with E-state index in [0.29, 0.717) is 11.1 Å². The van der Waals surface area contributed by atoms with Crippen LogP contribution in [0.2, 0.25) is 0 Å². The first-order valence-electron chi connectivity index (χ1n) is 6.97. The zero-order chi connectivity index (χ0) is 13.5. The smallest absolute Gasteiger partial charge is 0.335 e. The Balaban J connectivity index is 1.73. The summed E-state index contributed by atoms with van der Waals surface area (Å²) in [5.74, 6) is -0.925. The fourth-order valence-electron chi connectivity index (χ4n) is 3.53. The van der Waals surface area contributed by atoms with Gasteiger partial charge in [-0.15, -0.1) is 0 Å². The van der Waals surface area contributed by atoms with E-state index in [9.17, 15) is 4.79 Å². The number of carboxylic acid groups (broad SMARTS) is 1. The van der Waals surface area contributed by atoms with Crippen molar-refractivity contribution in [2.75, 3.05) is 23.7 Å². The van der Waals surface area contributed by atoms with Gasteiger partial charge in [0, 0.05) is 18.5 Å². The summed E-state index contributed by atoms with van der Waals surface area (Å²) in [5, 5.41) is 8.94. The zero-order valence-electron chi connectivity index (χ0n) is 11.1. The van der Waals surface area contributed by atoms with Crippen molar-refractivity contribution in [3.05, 3.63) is 23.8 Å². The van der Waals surface area contributed by atoms with E-state index in [1.54, 1.807) is 12.1 Å². The number of carbonyl (C=O) groups is 1. The normalized spacial score (nSPS) is 21.2. The van der Waals surface area contributed by atoms with Gasteiger partial charge in [0.2, 0.25) is 0 Å². The molecule has 102 valence electrons. The van der Waals surface area contributed by atoms with Gasteiger partial charge in [-0.1, -0.05) is 19.3 Å². The molecule has 1 spiro atoms. The molecule has 0 unspecified atom stereocenters. The lowest BCUT2D eigenvalue weighted by Crippen LogP contribution is -2.57. The Hall–Kier alpha value is -1.71. The van der Waals surface area contributed by atoms with Gasteiger partial charge in [-0.3, -0.25) is 0 Å². The highest BCUT2D eigenvalue weighted by Crippen LogP contribution is 2.46. The topological polar surface area (TPSA) is 66.6 Å². The molecule has 0 bridgehead atoms. The molecular formula is C15H20N2O2. The van der Waals surface area contributed by atoms with E-state index in [-0.39, 0.29) is 5.56 Å². The average molecular weight is 260 g/mol. The van der Waals surface area contributed by atoms with Crippen LogP contribution in [0.15, 0.2) is 18.2 Å². The van der Waals surface area contributed by atoms with Gasteiger partial charge in [-0.25, -0.2) is 4.79 Å². The Bertz CT molecular complexity index is 499. The predicted molar refractivity (Wildman–Crippen MR) is 75.5 cm³/mol. The summed E-state index contributed by atoms with van der Waals surface area (Å²) >= 11 is 0. The lowest BCUT2D eigenvalue weighted by atomic mass is 9.68. The monoisotopic (exact) mass is 260 g/mol. The minimum atomic E-state index is -0.925. The number of hydrogen-bond acceptors (Lipinski definition) is 3. The van der Waals surface area contributed by atoms with Gasteiger partial charge in [0.1, 0.15) is 0 Å². The van der Waals surface area contributed by atoms with E-state index < -0.39 is 5.97 Å². The quantitative estimate of drug-likeness (QED) is 0.802. The maximum atomic E-state index is 10.9. The third-order valence-electron chi connectivity index (χ3n) is 4.58. The van der Waals surface area contributed by atoms with Crippen LogP contribution in [0.25, 0.3) is 0 Å². The SMILES string of the molecule is Nc1cc(C(=O)O)ccc1N1CC2(CCCCC2)C1. The Labute approximate surface area is 113 Å². The number of benzene rings is 1. The van der Waals surface area contributed by atoms with Crippen LogP contribution in [0.5, 0.6) is 0 Å². The molecule has 1 saturated heterocycles. The van der Waals surface area contributed by atoms with E-state index >= 15 is 0 Å². The summed E-state index contributed by atoms with van der Waals surface area (Å²) in [4.78, 5) is 13.2. The number of nitrogen functional groups attached to an aromatic ring is 1. The fraction of sp³-hybridized carbons (Fsp3) is 0.533. The second-order valence-electron chi connectivity index (χ2n) is 6.00. The van der Waals surface area contributed by atoms with Crippen molar-refractivity contribution in [3.8, 4) is 0 Å². The van der Waals surface area contributed by atoms with Crippen LogP contribution < -0.4 is 10.6 Å². The first-order valence-corrected chi connectivity index (χ1v) is 6.97. The number of nitrogens with zero attached hydrogens (tertiary/aromatic N) is 1. The first-order chi connectivity index (χ1) is 9.10. The van der Waals surface area contributed by atoms with Gasteiger partial charge in [0.15, 0.2) is 0 Å². The standard InChI is InChI=1S/C15H20N2O2/c16-12-8-11(14(18)19)4-5-13(12)17-9-15(10-17)6-2-1-3-7-15/h4-5,8H,1-3,6-7,9-10,16H2,(H,18,19). The molecule has 3 rings (SSSR count). The van der Waals surface area contributed by atoms with Crippen molar-refractivity contribution < 1.29 is 9.90 Å². The second kappa shape index (κ2) is 4.44. The highest BCUT2D eigenvalue weighted by molar-refractivity contribution is 5.90. The van der Waals surface area contributed by atoms with Crippen LogP contribution in [0.4, 0.5) is 11.4 Å². The molecule has 19 heavy (non-hydrogen) atoms. The van der Waals surface area contributed by atoms with E-state index in [1.165, 1.54) is 32.1 Å². The van der Waals surface area contributed by atoms with Crippen molar-refractivity contribution in [3.63, 3.8) is 0 Å². The molecule has 1 aliphatic heterocycles. The molecule has 4 heteroatoms. The lowest BCUT2D eigenvalue weighted by Gasteiger charge is -2.53. The van der Waals surface area contributed by atoms with Crippen LogP contribution in [-0.2, 0) is 0 Å². The molecule has 0 aromatic heterocycles. The molecule has 4 nitrogen and oxygen atoms in total. The first kappa shape index (κ1) is 12.3. The predicted octanol–water partition coefficient (Wildman–Crippen LogP) is 2.74. The number of anilines is 2. The van der Waals surface area contributed by atoms with Crippen molar-refractivity contribution in [1.29, 1.82) is 0 Å². The number of nitrogens with two attached hydrogens (primary N) is 1. The van der Waals surface area contributed by atoms with Crippen molar-refractivity contribution in [2.45, 2.75) is 32.1 Å². The third-order valence-corrected chi connectivity index (χ3v) is 4.58. The fourth-order valence-corrected chi connectivity index (χ4v) is 3.53. The van der Waals surface area contributed by atoms with E-state index in [2.05, 4.69) is 4.90 Å². The van der Waals surface area contributed by atoms with Gasteiger partial charge in [0.05, 0.1) is 16.9 Å². The Morgan fingerprint density at radius 1 is 1.21 bits per heavy atom. The van der Waals surface area contributed by atoms with Crippen LogP contribution in [0.3, 0.4) is 0 Å². The van der Waals surface area contributed by atoms with Crippen LogP contribution >= 0.6 is 0 Å². The van der Waals surface area contributed by atoms with Gasteiger partial charge in [0.25, 0.3) is 0 Å². The van der Waals surface area contributed by atoms with E-state index in [0.717, 1.165) is 18.8 Å². The van der Waals surface area contributed by atoms with Gasteiger partial charge >= 0.3 is 5.97 Å². The number of rotatable bonds is 2. The molecular weight excluding hydrogens is 240 g/mol. The molecule has 0 amide bonds. The summed E-state index contributed by atoms with van der Waals surface area (Å²) in [6, 6.07) is 5.04. The molecule has 2 aliphatic rings. The maximum Gasteiger partial charge on any atom is 0.335 e. The van der Waals surface area contributed by atoms with E-state index in [4.69, 9.17) is 10.8 Å². The molecule has 1 aromatic carbocycles. The van der Waals surface area contributed by atoms with E-state index in [1.807, 2.05) is 6.07 Å². The van der Waals surface area contributed by atoms with Crippen LogP contribution in [0.1, 0.15) is 42.5 Å². The van der Waals surface area contributed by atoms with Crippen LogP contribution in [0, 0.1) is 5.41 Å². The minimum absolute atomic E-state index is 0.258. The average Bonchev–Trinajstić information content (AvgIpc) is 2.37. The maximum absolute atomic E-state index is 10.9. The highest BCUT2D eigenvalue weighted by atomic mass is 16.4. The lowest BCUT2D eigenvalue weighted by molar-refractivity contribution is 0.0697. The third kappa shape index (κ3) is 2.15. The zero-order valence-corrected chi connectivity index (χ0v) is 11.1. The number of hydrogen-bond donors (Lipinski definition) is 2. The minimum Gasteiger partial charge on any atom is -0.478 e. The van der Waals surface area contributed by atoms with Crippen molar-refractivity contribution in [1.82, 2.24) is 0 Å². The number of carboxylic acids is 1. The molecule has 1 aliphatic carbocycles. The van der Waals surface area contributed by atoms with Gasteiger partial charge in [-0.05, 0) is 31.0 Å². The summed E-state index contributed by atoms with van der Waals surface area (Å²) < 4.78 is 0. The Morgan fingerprint density at radius 2 is 1.89 bits per heavy atom. The summed E-state index contributed by atoms with van der Waals surface area (Å²) in [6.45, 7) is 2.15. The molecule has 0 radical (unpaired) electrons. The second-order valence-corrected chi connectivity index (χ2v) is 6.00. The van der Waals surface area contributed by atoms with Gasteiger partial charge in [-0.2, -0.15) is 0 Å². The largest absolute Gasteiger partial charge is 0.478 e. The molecule has 0 atom stereocenters. The summed E-state index contributed by atoms with van der Waals surface area (Å²) in [5.41, 5.74) is 8.31. The summed E-state index contributed by atoms with van der Waals surface area (Å²) in [7, 11) is 0. The molecule has 1 saturated carbocycles. The van der Waals surface area contributed by atoms with Gasteiger partial charge < -0.3 is 15.7 Å². The molecule has 1 heterocycles. The van der Waals surface area contributed by atoms with Crippen molar-refractivity contribution in [2.24, 2.45) is 5.41 Å². The van der Waals surface area contributed by atoms with Crippen molar-refractivity contribution >= 4 is 17.3 Å². The highest BCUT2D eigenvalue weighted by Gasteiger charge is 2.43. The molecule has 1 aromatic rings. The van der Waals surface area contributed by atoms with Crippen LogP contribution in [-0.4, -0.2) is 24.2 Å². The Morgan fingerprint density at radius 3 is 2.47 bits per heavy atom. The molecule has 2 fully saturated rings. The Kier molecular flexibility index (Phi) is 2.88.